The molecule has 0 fully saturated rings. The van der Waals surface area contributed by atoms with Gasteiger partial charge in [0.25, 0.3) is 0 Å². The van der Waals surface area contributed by atoms with Crippen molar-refractivity contribution in [1.29, 1.82) is 0 Å². The second-order valence-electron chi connectivity index (χ2n) is 5.35. The van der Waals surface area contributed by atoms with E-state index in [1.807, 2.05) is 13.1 Å². The third-order valence-corrected chi connectivity index (χ3v) is 5.30. The first-order valence-electron chi connectivity index (χ1n) is 7.20. The van der Waals surface area contributed by atoms with Gasteiger partial charge in [-0.3, -0.25) is 4.21 Å². The number of rotatable bonds is 8. The topological polar surface area (TPSA) is 38.3 Å². The minimum Gasteiger partial charge on any atom is -0.496 e. The minimum atomic E-state index is -0.837. The summed E-state index contributed by atoms with van der Waals surface area (Å²) in [5.74, 6) is 2.65. The van der Waals surface area contributed by atoms with Crippen molar-refractivity contribution in [3.63, 3.8) is 0 Å². The first-order chi connectivity index (χ1) is 9.51. The van der Waals surface area contributed by atoms with Crippen LogP contribution in [0.2, 0.25) is 0 Å². The fourth-order valence-electron chi connectivity index (χ4n) is 2.01. The van der Waals surface area contributed by atoms with Gasteiger partial charge in [0.2, 0.25) is 0 Å². The Bertz CT molecular complexity index is 448. The highest BCUT2D eigenvalue weighted by Gasteiger charge is 2.13. The average Bonchev–Trinajstić information content (AvgIpc) is 2.45. The maximum Gasteiger partial charge on any atom is 0.123 e. The lowest BCUT2D eigenvalue weighted by molar-refractivity contribution is 0.410. The van der Waals surface area contributed by atoms with E-state index in [0.29, 0.717) is 11.7 Å². The molecule has 1 rings (SSSR count). The van der Waals surface area contributed by atoms with Gasteiger partial charge in [-0.1, -0.05) is 26.3 Å². The molecule has 0 aromatic heterocycles. The van der Waals surface area contributed by atoms with E-state index < -0.39 is 10.8 Å². The summed E-state index contributed by atoms with van der Waals surface area (Å²) in [6.45, 7) is 6.40. The van der Waals surface area contributed by atoms with Gasteiger partial charge >= 0.3 is 0 Å². The third kappa shape index (κ3) is 4.91. The number of ether oxygens (including phenoxy) is 1. The van der Waals surface area contributed by atoms with E-state index in [1.165, 1.54) is 5.56 Å². The molecule has 1 aromatic carbocycles. The zero-order chi connectivity index (χ0) is 15.1. The number of hydrogen-bond donors (Lipinski definition) is 1. The first-order valence-corrected chi connectivity index (χ1v) is 8.69. The van der Waals surface area contributed by atoms with Crippen LogP contribution < -0.4 is 10.1 Å². The highest BCUT2D eigenvalue weighted by atomic mass is 32.2. The summed E-state index contributed by atoms with van der Waals surface area (Å²) >= 11 is 0. The molecule has 0 aliphatic heterocycles. The second kappa shape index (κ2) is 8.42. The Hall–Kier alpha value is -0.870. The van der Waals surface area contributed by atoms with Crippen LogP contribution in [0, 0.1) is 5.92 Å². The molecule has 0 aliphatic rings. The molecule has 1 aromatic rings. The molecule has 3 nitrogen and oxygen atoms in total. The van der Waals surface area contributed by atoms with Gasteiger partial charge in [0.15, 0.2) is 0 Å². The van der Waals surface area contributed by atoms with Gasteiger partial charge in [-0.05, 0) is 37.6 Å². The van der Waals surface area contributed by atoms with E-state index in [-0.39, 0.29) is 6.04 Å². The zero-order valence-electron chi connectivity index (χ0n) is 13.2. The smallest absolute Gasteiger partial charge is 0.123 e. The van der Waals surface area contributed by atoms with Gasteiger partial charge < -0.3 is 10.1 Å². The van der Waals surface area contributed by atoms with Crippen LogP contribution in [-0.2, 0) is 16.6 Å². The molecular weight excluding hydrogens is 270 g/mol. The fraction of sp³-hybridized carbons (Fsp3) is 0.625. The second-order valence-corrected chi connectivity index (χ2v) is 6.85. The van der Waals surface area contributed by atoms with Crippen molar-refractivity contribution in [3.8, 4) is 5.75 Å². The molecule has 0 saturated carbocycles. The summed E-state index contributed by atoms with van der Waals surface area (Å²) in [6, 6.07) is 6.41. The molecule has 0 amide bonds. The summed E-state index contributed by atoms with van der Waals surface area (Å²) in [5, 5.41) is 3.22. The SMILES string of the molecule is CCC(C)CS(=O)Cc1cc(C(C)NC)ccc1OC. The molecule has 114 valence electrons. The van der Waals surface area contributed by atoms with Crippen LogP contribution in [0.25, 0.3) is 0 Å². The van der Waals surface area contributed by atoms with Crippen molar-refractivity contribution in [2.75, 3.05) is 19.9 Å². The normalized spacial score (nSPS) is 15.7. The lowest BCUT2D eigenvalue weighted by Gasteiger charge is -2.15. The van der Waals surface area contributed by atoms with E-state index in [2.05, 4.69) is 38.2 Å². The summed E-state index contributed by atoms with van der Waals surface area (Å²) in [5.41, 5.74) is 2.23. The molecule has 0 bridgehead atoms. The van der Waals surface area contributed by atoms with E-state index in [1.54, 1.807) is 7.11 Å². The number of methoxy groups -OCH3 is 1. The van der Waals surface area contributed by atoms with E-state index in [0.717, 1.165) is 23.5 Å². The molecule has 0 heterocycles. The van der Waals surface area contributed by atoms with E-state index in [9.17, 15) is 4.21 Å². The van der Waals surface area contributed by atoms with Crippen LogP contribution in [0.15, 0.2) is 18.2 Å². The molecule has 20 heavy (non-hydrogen) atoms. The number of hydrogen-bond acceptors (Lipinski definition) is 3. The average molecular weight is 297 g/mol. The van der Waals surface area contributed by atoms with Gasteiger partial charge in [-0.25, -0.2) is 0 Å². The Morgan fingerprint density at radius 3 is 2.60 bits per heavy atom. The van der Waals surface area contributed by atoms with Crippen molar-refractivity contribution in [2.24, 2.45) is 5.92 Å². The molecule has 0 aliphatic carbocycles. The largest absolute Gasteiger partial charge is 0.496 e. The fourth-order valence-corrected chi connectivity index (χ4v) is 3.58. The van der Waals surface area contributed by atoms with Crippen molar-refractivity contribution in [2.45, 2.75) is 39.0 Å². The van der Waals surface area contributed by atoms with Crippen LogP contribution in [0.3, 0.4) is 0 Å². The standard InChI is InChI=1S/C16H27NO2S/c1-6-12(2)10-20(18)11-15-9-14(13(3)17-4)7-8-16(15)19-5/h7-9,12-13,17H,6,10-11H2,1-5H3. The van der Waals surface area contributed by atoms with E-state index in [4.69, 9.17) is 4.74 Å². The summed E-state index contributed by atoms with van der Waals surface area (Å²) in [4.78, 5) is 0. The predicted octanol–water partition coefficient (Wildman–Crippen LogP) is 3.27. The summed E-state index contributed by atoms with van der Waals surface area (Å²) < 4.78 is 17.6. The van der Waals surface area contributed by atoms with Gasteiger partial charge in [0.1, 0.15) is 5.75 Å². The predicted molar refractivity (Wildman–Crippen MR) is 86.6 cm³/mol. The van der Waals surface area contributed by atoms with Crippen LogP contribution >= 0.6 is 0 Å². The number of nitrogens with one attached hydrogen (secondary N) is 1. The molecule has 1 N–H and O–H groups in total. The number of benzene rings is 1. The quantitative estimate of drug-likeness (QED) is 0.800. The maximum atomic E-state index is 12.2. The molecule has 0 saturated heterocycles. The van der Waals surface area contributed by atoms with Crippen LogP contribution in [-0.4, -0.2) is 24.1 Å². The van der Waals surface area contributed by atoms with Crippen LogP contribution in [0.4, 0.5) is 0 Å². The third-order valence-electron chi connectivity index (χ3n) is 3.72. The molecular formula is C16H27NO2S. The Morgan fingerprint density at radius 1 is 1.35 bits per heavy atom. The molecule has 0 spiro atoms. The highest BCUT2D eigenvalue weighted by Crippen LogP contribution is 2.25. The molecule has 3 unspecified atom stereocenters. The zero-order valence-corrected chi connectivity index (χ0v) is 14.0. The Balaban J connectivity index is 2.88. The van der Waals surface area contributed by atoms with Crippen molar-refractivity contribution in [3.05, 3.63) is 29.3 Å². The lowest BCUT2D eigenvalue weighted by atomic mass is 10.1. The maximum absolute atomic E-state index is 12.2. The van der Waals surface area contributed by atoms with Gasteiger partial charge in [-0.2, -0.15) is 0 Å². The first kappa shape index (κ1) is 17.2. The molecule has 3 atom stereocenters. The Kier molecular flexibility index (Phi) is 7.24. The van der Waals surface area contributed by atoms with Gasteiger partial charge in [-0.15, -0.1) is 0 Å². The Morgan fingerprint density at radius 2 is 2.05 bits per heavy atom. The van der Waals surface area contributed by atoms with Crippen LogP contribution in [0.1, 0.15) is 44.4 Å². The summed E-state index contributed by atoms with van der Waals surface area (Å²) in [7, 11) is 2.77. The van der Waals surface area contributed by atoms with Crippen molar-refractivity contribution < 1.29 is 8.95 Å². The van der Waals surface area contributed by atoms with E-state index >= 15 is 0 Å². The summed E-state index contributed by atoms with van der Waals surface area (Å²) in [6.07, 6.45) is 1.07. The molecule has 4 heteroatoms. The molecule has 0 radical (unpaired) electrons. The monoisotopic (exact) mass is 297 g/mol. The van der Waals surface area contributed by atoms with Crippen molar-refractivity contribution >= 4 is 10.8 Å². The minimum absolute atomic E-state index is 0.280. The van der Waals surface area contributed by atoms with Gasteiger partial charge in [0, 0.05) is 28.2 Å². The van der Waals surface area contributed by atoms with Crippen molar-refractivity contribution in [1.82, 2.24) is 5.32 Å². The Labute approximate surface area is 125 Å². The highest BCUT2D eigenvalue weighted by molar-refractivity contribution is 7.84. The lowest BCUT2D eigenvalue weighted by Crippen LogP contribution is -2.13. The van der Waals surface area contributed by atoms with Crippen LogP contribution in [0.5, 0.6) is 5.75 Å². The van der Waals surface area contributed by atoms with Gasteiger partial charge in [0.05, 0.1) is 12.9 Å².